The molecule has 1 unspecified atom stereocenters. The standard InChI is InChI=1S/C23H26N4O3S/c1-16-25-20(15-31-16)14-27-13-10-24-22(27)19-8-11-26(12-9-19)23(29)21(30-17(2)28)18-6-4-3-5-7-18/h3-7,10,13,15,19,21H,8-9,11-12,14H2,1-2H3. The Morgan fingerprint density at radius 1 is 1.23 bits per heavy atom. The molecule has 0 N–H and O–H groups in total. The molecule has 1 fully saturated rings. The Hall–Kier alpha value is -3.00. The average molecular weight is 439 g/mol. The van der Waals surface area contributed by atoms with Crippen LogP contribution in [0.3, 0.4) is 0 Å². The Bertz CT molecular complexity index is 1040. The van der Waals surface area contributed by atoms with E-state index in [-0.39, 0.29) is 11.8 Å². The summed E-state index contributed by atoms with van der Waals surface area (Å²) >= 11 is 1.65. The van der Waals surface area contributed by atoms with Crippen LogP contribution < -0.4 is 0 Å². The van der Waals surface area contributed by atoms with Gasteiger partial charge in [-0.05, 0) is 19.8 Å². The summed E-state index contributed by atoms with van der Waals surface area (Å²) in [4.78, 5) is 35.7. The van der Waals surface area contributed by atoms with E-state index in [1.165, 1.54) is 6.92 Å². The van der Waals surface area contributed by atoms with E-state index in [1.807, 2.05) is 49.6 Å². The molecule has 0 radical (unpaired) electrons. The maximum absolute atomic E-state index is 13.2. The van der Waals surface area contributed by atoms with Crippen LogP contribution in [0.1, 0.15) is 53.9 Å². The van der Waals surface area contributed by atoms with E-state index in [4.69, 9.17) is 4.74 Å². The number of carbonyl (C=O) groups is 2. The first-order valence-electron chi connectivity index (χ1n) is 10.4. The van der Waals surface area contributed by atoms with Gasteiger partial charge in [0.05, 0.1) is 17.2 Å². The summed E-state index contributed by atoms with van der Waals surface area (Å²) in [6.45, 7) is 5.27. The maximum Gasteiger partial charge on any atom is 0.303 e. The minimum Gasteiger partial charge on any atom is -0.447 e. The molecule has 1 aromatic carbocycles. The molecule has 7 nitrogen and oxygen atoms in total. The molecule has 0 bridgehead atoms. The molecule has 162 valence electrons. The van der Waals surface area contributed by atoms with Crippen LogP contribution in [0.2, 0.25) is 0 Å². The second kappa shape index (κ2) is 9.43. The molecule has 8 heteroatoms. The van der Waals surface area contributed by atoms with Crippen molar-refractivity contribution >= 4 is 23.2 Å². The van der Waals surface area contributed by atoms with E-state index in [1.54, 1.807) is 16.2 Å². The van der Waals surface area contributed by atoms with Crippen molar-refractivity contribution < 1.29 is 14.3 Å². The van der Waals surface area contributed by atoms with Gasteiger partial charge in [-0.15, -0.1) is 11.3 Å². The summed E-state index contributed by atoms with van der Waals surface area (Å²) in [6, 6.07) is 9.19. The van der Waals surface area contributed by atoms with E-state index < -0.39 is 12.1 Å². The number of benzene rings is 1. The van der Waals surface area contributed by atoms with Crippen LogP contribution in [-0.2, 0) is 20.9 Å². The van der Waals surface area contributed by atoms with Gasteiger partial charge in [0, 0.05) is 49.3 Å². The van der Waals surface area contributed by atoms with Crippen molar-refractivity contribution in [2.75, 3.05) is 13.1 Å². The van der Waals surface area contributed by atoms with Crippen molar-refractivity contribution in [3.63, 3.8) is 0 Å². The lowest BCUT2D eigenvalue weighted by Crippen LogP contribution is -2.42. The SMILES string of the molecule is CC(=O)OC(C(=O)N1CCC(c2nccn2Cc2csc(C)n2)CC1)c1ccccc1. The molecule has 1 amide bonds. The first-order chi connectivity index (χ1) is 15.0. The normalized spacial score (nSPS) is 15.6. The minimum absolute atomic E-state index is 0.166. The van der Waals surface area contributed by atoms with Gasteiger partial charge in [-0.3, -0.25) is 9.59 Å². The topological polar surface area (TPSA) is 77.3 Å². The molecule has 4 rings (SSSR count). The highest BCUT2D eigenvalue weighted by molar-refractivity contribution is 7.09. The van der Waals surface area contributed by atoms with Gasteiger partial charge in [-0.1, -0.05) is 30.3 Å². The zero-order valence-electron chi connectivity index (χ0n) is 17.7. The molecular formula is C23H26N4O3S. The van der Waals surface area contributed by atoms with Gasteiger partial charge in [0.1, 0.15) is 5.82 Å². The lowest BCUT2D eigenvalue weighted by Gasteiger charge is -2.34. The molecule has 1 atom stereocenters. The molecule has 3 heterocycles. The Kier molecular flexibility index (Phi) is 6.46. The number of imidazole rings is 1. The summed E-state index contributed by atoms with van der Waals surface area (Å²) in [7, 11) is 0. The van der Waals surface area contributed by atoms with Gasteiger partial charge in [0.25, 0.3) is 5.91 Å². The van der Waals surface area contributed by atoms with Crippen molar-refractivity contribution in [1.29, 1.82) is 0 Å². The van der Waals surface area contributed by atoms with E-state index in [0.29, 0.717) is 25.2 Å². The first-order valence-corrected chi connectivity index (χ1v) is 11.3. The third kappa shape index (κ3) is 5.02. The van der Waals surface area contributed by atoms with E-state index >= 15 is 0 Å². The van der Waals surface area contributed by atoms with Gasteiger partial charge in [-0.2, -0.15) is 0 Å². The van der Waals surface area contributed by atoms with Gasteiger partial charge in [-0.25, -0.2) is 9.97 Å². The van der Waals surface area contributed by atoms with E-state index in [0.717, 1.165) is 29.4 Å². The number of aromatic nitrogens is 3. The fourth-order valence-corrected chi connectivity index (χ4v) is 4.65. The zero-order valence-corrected chi connectivity index (χ0v) is 18.5. The molecule has 0 saturated carbocycles. The Balaban J connectivity index is 1.42. The molecule has 2 aromatic heterocycles. The number of carbonyl (C=O) groups excluding carboxylic acids is 2. The number of amides is 1. The van der Waals surface area contributed by atoms with Crippen molar-refractivity contribution in [3.8, 4) is 0 Å². The monoisotopic (exact) mass is 438 g/mol. The summed E-state index contributed by atoms with van der Waals surface area (Å²) in [6.07, 6.45) is 4.57. The summed E-state index contributed by atoms with van der Waals surface area (Å²) in [5.41, 5.74) is 1.74. The van der Waals surface area contributed by atoms with Crippen molar-refractivity contribution in [2.24, 2.45) is 0 Å². The van der Waals surface area contributed by atoms with Crippen LogP contribution in [0.5, 0.6) is 0 Å². The largest absolute Gasteiger partial charge is 0.447 e. The van der Waals surface area contributed by atoms with E-state index in [2.05, 4.69) is 19.9 Å². The molecule has 3 aromatic rings. The molecule has 1 aliphatic rings. The number of hydrogen-bond acceptors (Lipinski definition) is 6. The van der Waals surface area contributed by atoms with Crippen LogP contribution in [0, 0.1) is 6.92 Å². The highest BCUT2D eigenvalue weighted by Crippen LogP contribution is 2.30. The molecule has 31 heavy (non-hydrogen) atoms. The van der Waals surface area contributed by atoms with Crippen molar-refractivity contribution in [1.82, 2.24) is 19.4 Å². The highest BCUT2D eigenvalue weighted by Gasteiger charge is 2.32. The van der Waals surface area contributed by atoms with E-state index in [9.17, 15) is 9.59 Å². The number of hydrogen-bond donors (Lipinski definition) is 0. The lowest BCUT2D eigenvalue weighted by atomic mass is 9.95. The predicted molar refractivity (Wildman–Crippen MR) is 118 cm³/mol. The summed E-state index contributed by atoms with van der Waals surface area (Å²) in [5, 5.41) is 3.14. The Morgan fingerprint density at radius 2 is 1.97 bits per heavy atom. The van der Waals surface area contributed by atoms with Crippen molar-refractivity contribution in [2.45, 2.75) is 45.3 Å². The lowest BCUT2D eigenvalue weighted by molar-refractivity contribution is -0.159. The number of likely N-dealkylation sites (tertiary alicyclic amines) is 1. The fraction of sp³-hybridized carbons (Fsp3) is 0.391. The molecule has 1 aliphatic heterocycles. The molecule has 0 spiro atoms. The number of piperidine rings is 1. The van der Waals surface area contributed by atoms with Gasteiger partial charge < -0.3 is 14.2 Å². The predicted octanol–water partition coefficient (Wildman–Crippen LogP) is 3.71. The summed E-state index contributed by atoms with van der Waals surface area (Å²) < 4.78 is 7.54. The number of nitrogens with zero attached hydrogens (tertiary/aromatic N) is 4. The number of esters is 1. The van der Waals surface area contributed by atoms with Gasteiger partial charge >= 0.3 is 5.97 Å². The number of aryl methyl sites for hydroxylation is 1. The second-order valence-electron chi connectivity index (χ2n) is 7.77. The molecule has 1 saturated heterocycles. The van der Waals surface area contributed by atoms with Crippen molar-refractivity contribution in [3.05, 3.63) is 70.2 Å². The van der Waals surface area contributed by atoms with Crippen LogP contribution in [0.4, 0.5) is 0 Å². The Labute approximate surface area is 185 Å². The quantitative estimate of drug-likeness (QED) is 0.549. The van der Waals surface area contributed by atoms with Crippen LogP contribution in [0.25, 0.3) is 0 Å². The first kappa shape index (κ1) is 21.2. The minimum atomic E-state index is -0.898. The maximum atomic E-state index is 13.2. The Morgan fingerprint density at radius 3 is 2.61 bits per heavy atom. The molecule has 0 aliphatic carbocycles. The number of rotatable bonds is 6. The van der Waals surface area contributed by atoms with Crippen LogP contribution >= 0.6 is 11.3 Å². The smallest absolute Gasteiger partial charge is 0.303 e. The number of thiazole rings is 1. The highest BCUT2D eigenvalue weighted by atomic mass is 32.1. The van der Waals surface area contributed by atoms with Gasteiger partial charge in [0.2, 0.25) is 6.10 Å². The second-order valence-corrected chi connectivity index (χ2v) is 8.83. The fourth-order valence-electron chi connectivity index (χ4n) is 4.05. The zero-order chi connectivity index (χ0) is 21.8. The van der Waals surface area contributed by atoms with Gasteiger partial charge in [0.15, 0.2) is 0 Å². The molecular weight excluding hydrogens is 412 g/mol. The number of ether oxygens (including phenoxy) is 1. The van der Waals surface area contributed by atoms with Crippen LogP contribution in [-0.4, -0.2) is 44.4 Å². The average Bonchev–Trinajstić information content (AvgIpc) is 3.41. The third-order valence-corrected chi connectivity index (χ3v) is 6.35. The third-order valence-electron chi connectivity index (χ3n) is 5.53. The summed E-state index contributed by atoms with van der Waals surface area (Å²) in [5.74, 6) is 0.692. The van der Waals surface area contributed by atoms with Crippen LogP contribution in [0.15, 0.2) is 48.1 Å².